The third kappa shape index (κ3) is 4.59. The van der Waals surface area contributed by atoms with Crippen LogP contribution in [0.15, 0.2) is 36.5 Å². The lowest BCUT2D eigenvalue weighted by atomic mass is 9.96. The highest BCUT2D eigenvalue weighted by molar-refractivity contribution is 5.76. The number of hydrogen-bond acceptors (Lipinski definition) is 7. The van der Waals surface area contributed by atoms with E-state index in [-0.39, 0.29) is 5.91 Å². The molecular formula is C29H36N6O3. The van der Waals surface area contributed by atoms with E-state index < -0.39 is 6.23 Å². The third-order valence-corrected chi connectivity index (χ3v) is 8.17. The molecule has 0 aliphatic carbocycles. The number of benzene rings is 1. The SMILES string of the molecule is CNC(O)c1ccc(-c2ccc3c(c2)CCCN3c2nn(C3CCOCC3)c3c2CN(C(C)=O)CC3)cn1. The number of nitrogens with one attached hydrogen (secondary N) is 1. The Hall–Kier alpha value is -3.27. The predicted octanol–water partition coefficient (Wildman–Crippen LogP) is 3.50. The Balaban J connectivity index is 1.36. The number of nitrogens with zero attached hydrogens (tertiary/aromatic N) is 5. The monoisotopic (exact) mass is 516 g/mol. The highest BCUT2D eigenvalue weighted by atomic mass is 16.5. The second-order valence-corrected chi connectivity index (χ2v) is 10.5. The zero-order valence-electron chi connectivity index (χ0n) is 22.2. The summed E-state index contributed by atoms with van der Waals surface area (Å²) in [6.07, 6.45) is 5.88. The van der Waals surface area contributed by atoms with Gasteiger partial charge in [0.2, 0.25) is 5.91 Å². The number of rotatable bonds is 5. The Labute approximate surface area is 223 Å². The number of aliphatic hydroxyl groups excluding tert-OH is 1. The van der Waals surface area contributed by atoms with Crippen LogP contribution in [0.3, 0.4) is 0 Å². The van der Waals surface area contributed by atoms with Gasteiger partial charge in [-0.1, -0.05) is 12.1 Å². The molecule has 1 unspecified atom stereocenters. The number of pyridine rings is 1. The molecule has 2 N–H and O–H groups in total. The maximum atomic E-state index is 12.3. The fourth-order valence-electron chi connectivity index (χ4n) is 6.03. The number of aliphatic hydroxyl groups is 1. The molecule has 6 rings (SSSR count). The van der Waals surface area contributed by atoms with E-state index >= 15 is 0 Å². The lowest BCUT2D eigenvalue weighted by Gasteiger charge is -2.33. The molecule has 0 radical (unpaired) electrons. The van der Waals surface area contributed by atoms with Gasteiger partial charge in [-0.3, -0.25) is 19.8 Å². The smallest absolute Gasteiger partial charge is 0.219 e. The van der Waals surface area contributed by atoms with Crippen molar-refractivity contribution in [3.8, 4) is 11.1 Å². The molecule has 1 aromatic carbocycles. The average Bonchev–Trinajstić information content (AvgIpc) is 3.35. The van der Waals surface area contributed by atoms with Crippen molar-refractivity contribution in [1.82, 2.24) is 25.0 Å². The Morgan fingerprint density at radius 1 is 1.13 bits per heavy atom. The quantitative estimate of drug-likeness (QED) is 0.501. The zero-order chi connectivity index (χ0) is 26.2. The van der Waals surface area contributed by atoms with Crippen molar-refractivity contribution in [2.45, 2.75) is 57.8 Å². The van der Waals surface area contributed by atoms with Gasteiger partial charge in [-0.2, -0.15) is 5.10 Å². The molecule has 9 heteroatoms. The molecule has 38 heavy (non-hydrogen) atoms. The van der Waals surface area contributed by atoms with Crippen LogP contribution in [0, 0.1) is 0 Å². The number of hydrogen-bond donors (Lipinski definition) is 2. The number of carbonyl (C=O) groups is 1. The molecule has 1 amide bonds. The highest BCUT2D eigenvalue weighted by Gasteiger charge is 2.33. The first-order chi connectivity index (χ1) is 18.5. The number of ether oxygens (including phenoxy) is 1. The molecule has 200 valence electrons. The Kier molecular flexibility index (Phi) is 6.90. The molecule has 2 aromatic heterocycles. The summed E-state index contributed by atoms with van der Waals surface area (Å²) in [7, 11) is 1.71. The molecule has 1 saturated heterocycles. The van der Waals surface area contributed by atoms with Gasteiger partial charge in [0.1, 0.15) is 6.23 Å². The van der Waals surface area contributed by atoms with Crippen LogP contribution in [0.1, 0.15) is 61.0 Å². The molecule has 3 aliphatic heterocycles. The first-order valence-corrected chi connectivity index (χ1v) is 13.7. The summed E-state index contributed by atoms with van der Waals surface area (Å²) >= 11 is 0. The second-order valence-electron chi connectivity index (χ2n) is 10.5. The molecule has 0 spiro atoms. The molecule has 5 heterocycles. The molecule has 3 aliphatic rings. The van der Waals surface area contributed by atoms with Gasteiger partial charge in [0.25, 0.3) is 0 Å². The number of carbonyl (C=O) groups excluding carboxylic acids is 1. The van der Waals surface area contributed by atoms with Gasteiger partial charge in [0.15, 0.2) is 5.82 Å². The normalized spacial score (nSPS) is 18.7. The van der Waals surface area contributed by atoms with Crippen LogP contribution in [0.25, 0.3) is 11.1 Å². The topological polar surface area (TPSA) is 95.7 Å². The Bertz CT molecular complexity index is 1310. The van der Waals surface area contributed by atoms with Crippen LogP contribution in [0.5, 0.6) is 0 Å². The van der Waals surface area contributed by atoms with Gasteiger partial charge < -0.3 is 19.6 Å². The molecular weight excluding hydrogens is 480 g/mol. The lowest BCUT2D eigenvalue weighted by molar-refractivity contribution is -0.129. The first kappa shape index (κ1) is 25.0. The van der Waals surface area contributed by atoms with E-state index in [0.717, 1.165) is 75.4 Å². The summed E-state index contributed by atoms with van der Waals surface area (Å²) in [6, 6.07) is 10.8. The van der Waals surface area contributed by atoms with Crippen molar-refractivity contribution in [1.29, 1.82) is 0 Å². The number of fused-ring (bicyclic) bond motifs is 2. The molecule has 3 aromatic rings. The molecule has 9 nitrogen and oxygen atoms in total. The fourth-order valence-corrected chi connectivity index (χ4v) is 6.03. The molecule has 0 bridgehead atoms. The van der Waals surface area contributed by atoms with E-state index in [1.54, 1.807) is 14.0 Å². The van der Waals surface area contributed by atoms with Crippen LogP contribution < -0.4 is 10.2 Å². The van der Waals surface area contributed by atoms with Crippen molar-refractivity contribution in [3.05, 3.63) is 59.0 Å². The fraction of sp³-hybridized carbons (Fsp3) is 0.483. The van der Waals surface area contributed by atoms with Crippen molar-refractivity contribution in [3.63, 3.8) is 0 Å². The van der Waals surface area contributed by atoms with Crippen molar-refractivity contribution >= 4 is 17.4 Å². The van der Waals surface area contributed by atoms with Gasteiger partial charge in [-0.15, -0.1) is 0 Å². The third-order valence-electron chi connectivity index (χ3n) is 8.17. The van der Waals surface area contributed by atoms with E-state index in [9.17, 15) is 9.90 Å². The van der Waals surface area contributed by atoms with Crippen molar-refractivity contribution in [2.24, 2.45) is 0 Å². The largest absolute Gasteiger partial charge is 0.381 e. The van der Waals surface area contributed by atoms with E-state index in [4.69, 9.17) is 9.84 Å². The van der Waals surface area contributed by atoms with Crippen molar-refractivity contribution in [2.75, 3.05) is 38.3 Å². The number of aryl methyl sites for hydroxylation is 1. The van der Waals surface area contributed by atoms with Crippen LogP contribution in [-0.4, -0.2) is 64.0 Å². The molecule has 1 atom stereocenters. The average molecular weight is 517 g/mol. The van der Waals surface area contributed by atoms with Crippen LogP contribution in [-0.2, 0) is 28.9 Å². The predicted molar refractivity (Wildman–Crippen MR) is 145 cm³/mol. The molecule has 1 fully saturated rings. The van der Waals surface area contributed by atoms with Gasteiger partial charge in [0.05, 0.1) is 18.3 Å². The lowest BCUT2D eigenvalue weighted by Crippen LogP contribution is -2.36. The minimum Gasteiger partial charge on any atom is -0.381 e. The summed E-state index contributed by atoms with van der Waals surface area (Å²) in [5.41, 5.74) is 7.69. The van der Waals surface area contributed by atoms with E-state index in [2.05, 4.69) is 38.1 Å². The van der Waals surface area contributed by atoms with E-state index in [1.807, 2.05) is 23.2 Å². The van der Waals surface area contributed by atoms with E-state index in [1.165, 1.54) is 22.5 Å². The van der Waals surface area contributed by atoms with Gasteiger partial charge in [-0.25, -0.2) is 0 Å². The zero-order valence-corrected chi connectivity index (χ0v) is 22.2. The van der Waals surface area contributed by atoms with Gasteiger partial charge >= 0.3 is 0 Å². The standard InChI is InChI=1S/C29H36N6O3/c1-19(36)33-13-9-27-24(18-33)28(32-35(27)23-10-14-38-15-11-23)34-12-3-4-21-16-20(6-8-26(21)34)22-5-7-25(31-17-22)29(37)30-2/h5-8,16-17,23,29-30,37H,3-4,9-15,18H2,1-2H3. The first-order valence-electron chi connectivity index (χ1n) is 13.7. The maximum Gasteiger partial charge on any atom is 0.219 e. The highest BCUT2D eigenvalue weighted by Crippen LogP contribution is 2.40. The summed E-state index contributed by atoms with van der Waals surface area (Å²) < 4.78 is 7.89. The van der Waals surface area contributed by atoms with E-state index in [0.29, 0.717) is 18.3 Å². The second kappa shape index (κ2) is 10.5. The van der Waals surface area contributed by atoms with Gasteiger partial charge in [0, 0.05) is 68.4 Å². The number of amides is 1. The number of anilines is 2. The summed E-state index contributed by atoms with van der Waals surface area (Å²) in [4.78, 5) is 21.0. The Morgan fingerprint density at radius 2 is 1.95 bits per heavy atom. The molecule has 0 saturated carbocycles. The van der Waals surface area contributed by atoms with Crippen LogP contribution in [0.2, 0.25) is 0 Å². The minimum atomic E-state index is -0.771. The van der Waals surface area contributed by atoms with Crippen LogP contribution in [0.4, 0.5) is 11.5 Å². The summed E-state index contributed by atoms with van der Waals surface area (Å²) in [5, 5.41) is 18.1. The Morgan fingerprint density at radius 3 is 2.68 bits per heavy atom. The summed E-state index contributed by atoms with van der Waals surface area (Å²) in [6.45, 7) is 5.47. The minimum absolute atomic E-state index is 0.117. The van der Waals surface area contributed by atoms with Gasteiger partial charge in [-0.05, 0) is 62.1 Å². The summed E-state index contributed by atoms with van der Waals surface area (Å²) in [5.74, 6) is 1.11. The van der Waals surface area contributed by atoms with Crippen LogP contribution >= 0.6 is 0 Å². The van der Waals surface area contributed by atoms with Crippen molar-refractivity contribution < 1.29 is 14.6 Å². The number of aromatic nitrogens is 3. The maximum absolute atomic E-state index is 12.3.